The maximum absolute atomic E-state index is 12.2. The van der Waals surface area contributed by atoms with E-state index in [1.807, 2.05) is 37.8 Å². The molecule has 1 aliphatic heterocycles. The minimum Gasteiger partial charge on any atom is -0.497 e. The lowest BCUT2D eigenvalue weighted by atomic mass is 9.93. The molecule has 1 unspecified atom stereocenters. The Hall–Kier alpha value is -1.75. The lowest BCUT2D eigenvalue weighted by molar-refractivity contribution is 0.0161. The number of hydrogen-bond acceptors (Lipinski definition) is 4. The summed E-state index contributed by atoms with van der Waals surface area (Å²) in [5.74, 6) is 1.47. The molecule has 1 aromatic carbocycles. The molecule has 1 aromatic rings. The summed E-state index contributed by atoms with van der Waals surface area (Å²) in [5, 5.41) is 3.50. The van der Waals surface area contributed by atoms with E-state index in [2.05, 4.69) is 17.4 Å². The number of amides is 1. The Bertz CT molecular complexity index is 551. The van der Waals surface area contributed by atoms with Crippen molar-refractivity contribution in [2.75, 3.05) is 26.7 Å². The summed E-state index contributed by atoms with van der Waals surface area (Å²) >= 11 is 0. The lowest BCUT2D eigenvalue weighted by Crippen LogP contribution is -2.43. The maximum Gasteiger partial charge on any atom is 0.410 e. The average molecular weight is 363 g/mol. The molecule has 5 heteroatoms. The number of nitrogens with one attached hydrogen (secondary N) is 1. The highest BCUT2D eigenvalue weighted by Gasteiger charge is 2.27. The molecule has 0 radical (unpaired) electrons. The highest BCUT2D eigenvalue weighted by atomic mass is 16.6. The molecular formula is C21H34N2O3. The fraction of sp³-hybridized carbons (Fsp3) is 0.667. The number of ether oxygens (including phenoxy) is 2. The average Bonchev–Trinajstić information content (AvgIpc) is 2.61. The highest BCUT2D eigenvalue weighted by molar-refractivity contribution is 5.68. The molecule has 0 spiro atoms. The largest absolute Gasteiger partial charge is 0.497 e. The topological polar surface area (TPSA) is 50.8 Å². The third-order valence-corrected chi connectivity index (χ3v) is 4.62. The van der Waals surface area contributed by atoms with Crippen LogP contribution in [0.3, 0.4) is 0 Å². The van der Waals surface area contributed by atoms with Crippen LogP contribution in [0.1, 0.15) is 52.0 Å². The normalized spacial score (nSPS) is 17.8. The van der Waals surface area contributed by atoms with E-state index in [1.54, 1.807) is 7.11 Å². The molecule has 1 atom stereocenters. The van der Waals surface area contributed by atoms with Gasteiger partial charge in [-0.3, -0.25) is 0 Å². The lowest BCUT2D eigenvalue weighted by Gasteiger charge is -2.34. The van der Waals surface area contributed by atoms with E-state index in [0.717, 1.165) is 51.2 Å². The minimum atomic E-state index is -0.421. The summed E-state index contributed by atoms with van der Waals surface area (Å²) < 4.78 is 10.7. The number of carbonyl (C=O) groups excluding carboxylic acids is 1. The van der Waals surface area contributed by atoms with Crippen molar-refractivity contribution in [1.29, 1.82) is 0 Å². The van der Waals surface area contributed by atoms with Gasteiger partial charge in [0, 0.05) is 19.6 Å². The van der Waals surface area contributed by atoms with Crippen molar-refractivity contribution < 1.29 is 14.3 Å². The van der Waals surface area contributed by atoms with Crippen molar-refractivity contribution in [3.63, 3.8) is 0 Å². The van der Waals surface area contributed by atoms with Crippen LogP contribution >= 0.6 is 0 Å². The van der Waals surface area contributed by atoms with Crippen LogP contribution < -0.4 is 10.1 Å². The van der Waals surface area contributed by atoms with Crippen molar-refractivity contribution in [2.45, 2.75) is 58.6 Å². The summed E-state index contributed by atoms with van der Waals surface area (Å²) in [5.41, 5.74) is 0.842. The van der Waals surface area contributed by atoms with Gasteiger partial charge in [0.15, 0.2) is 0 Å². The van der Waals surface area contributed by atoms with Crippen LogP contribution in [0.2, 0.25) is 0 Å². The Kier molecular flexibility index (Phi) is 7.76. The van der Waals surface area contributed by atoms with Gasteiger partial charge >= 0.3 is 6.09 Å². The van der Waals surface area contributed by atoms with Gasteiger partial charge in [0.1, 0.15) is 11.4 Å². The molecule has 1 fully saturated rings. The van der Waals surface area contributed by atoms with Gasteiger partial charge in [-0.1, -0.05) is 12.1 Å². The fourth-order valence-corrected chi connectivity index (χ4v) is 3.28. The summed E-state index contributed by atoms with van der Waals surface area (Å²) in [6.07, 6.45) is 4.39. The van der Waals surface area contributed by atoms with Gasteiger partial charge in [0.25, 0.3) is 0 Å². The van der Waals surface area contributed by atoms with E-state index in [1.165, 1.54) is 12.0 Å². The number of hydrogen-bond donors (Lipinski definition) is 1. The molecule has 1 aliphatic rings. The SMILES string of the molecule is COc1ccc(CNCCCC2CCCN(C(=O)OC(C)(C)C)C2)cc1. The first-order valence-corrected chi connectivity index (χ1v) is 9.69. The molecule has 5 nitrogen and oxygen atoms in total. The van der Waals surface area contributed by atoms with Gasteiger partial charge in [-0.2, -0.15) is 0 Å². The van der Waals surface area contributed by atoms with Crippen LogP contribution in [0, 0.1) is 5.92 Å². The summed E-state index contributed by atoms with van der Waals surface area (Å²) in [7, 11) is 1.68. The van der Waals surface area contributed by atoms with Crippen molar-refractivity contribution in [1.82, 2.24) is 10.2 Å². The first-order chi connectivity index (χ1) is 12.4. The monoisotopic (exact) mass is 362 g/mol. The number of benzene rings is 1. The molecule has 1 amide bonds. The van der Waals surface area contributed by atoms with Crippen LogP contribution in [-0.2, 0) is 11.3 Å². The van der Waals surface area contributed by atoms with Gasteiger partial charge in [-0.25, -0.2) is 4.79 Å². The Morgan fingerprint density at radius 2 is 2.00 bits per heavy atom. The maximum atomic E-state index is 12.2. The number of methoxy groups -OCH3 is 1. The van der Waals surface area contributed by atoms with Gasteiger partial charge in [0.2, 0.25) is 0 Å². The standard InChI is InChI=1S/C21H34N2O3/c1-21(2,3)26-20(24)23-14-6-8-18(16-23)7-5-13-22-15-17-9-11-19(25-4)12-10-17/h9-12,18,22H,5-8,13-16H2,1-4H3. The Morgan fingerprint density at radius 3 is 2.65 bits per heavy atom. The van der Waals surface area contributed by atoms with Crippen LogP contribution in [0.15, 0.2) is 24.3 Å². The van der Waals surface area contributed by atoms with E-state index in [-0.39, 0.29) is 6.09 Å². The fourth-order valence-electron chi connectivity index (χ4n) is 3.28. The Balaban J connectivity index is 1.63. The van der Waals surface area contributed by atoms with Gasteiger partial charge in [-0.05, 0) is 76.6 Å². The Morgan fingerprint density at radius 1 is 1.27 bits per heavy atom. The minimum absolute atomic E-state index is 0.167. The van der Waals surface area contributed by atoms with Gasteiger partial charge in [0.05, 0.1) is 7.11 Å². The molecule has 0 aliphatic carbocycles. The molecule has 146 valence electrons. The molecule has 26 heavy (non-hydrogen) atoms. The molecule has 2 rings (SSSR count). The van der Waals surface area contributed by atoms with Crippen molar-refractivity contribution in [2.24, 2.45) is 5.92 Å². The second kappa shape index (κ2) is 9.81. The van der Waals surface area contributed by atoms with Gasteiger partial charge < -0.3 is 19.7 Å². The summed E-state index contributed by atoms with van der Waals surface area (Å²) in [6.45, 7) is 9.27. The molecular weight excluding hydrogens is 328 g/mol. The number of carbonyl (C=O) groups is 1. The predicted octanol–water partition coefficient (Wildman–Crippen LogP) is 4.21. The quantitative estimate of drug-likeness (QED) is 0.738. The number of likely N-dealkylation sites (tertiary alicyclic amines) is 1. The van der Waals surface area contributed by atoms with E-state index < -0.39 is 5.60 Å². The third-order valence-electron chi connectivity index (χ3n) is 4.62. The predicted molar refractivity (Wildman–Crippen MR) is 104 cm³/mol. The van der Waals surface area contributed by atoms with E-state index in [4.69, 9.17) is 9.47 Å². The van der Waals surface area contributed by atoms with Gasteiger partial charge in [-0.15, -0.1) is 0 Å². The third kappa shape index (κ3) is 7.24. The number of piperidine rings is 1. The molecule has 0 bridgehead atoms. The highest BCUT2D eigenvalue weighted by Crippen LogP contribution is 2.22. The molecule has 1 saturated heterocycles. The zero-order valence-corrected chi connectivity index (χ0v) is 16.7. The molecule has 1 N–H and O–H groups in total. The first-order valence-electron chi connectivity index (χ1n) is 9.69. The van der Waals surface area contributed by atoms with Crippen LogP contribution in [0.5, 0.6) is 5.75 Å². The van der Waals surface area contributed by atoms with E-state index in [0.29, 0.717) is 5.92 Å². The molecule has 0 aromatic heterocycles. The van der Waals surface area contributed by atoms with Crippen molar-refractivity contribution in [3.05, 3.63) is 29.8 Å². The molecule has 1 heterocycles. The van der Waals surface area contributed by atoms with E-state index >= 15 is 0 Å². The summed E-state index contributed by atoms with van der Waals surface area (Å²) in [4.78, 5) is 14.1. The van der Waals surface area contributed by atoms with Crippen molar-refractivity contribution >= 4 is 6.09 Å². The van der Waals surface area contributed by atoms with Crippen LogP contribution in [0.4, 0.5) is 4.79 Å². The van der Waals surface area contributed by atoms with Crippen LogP contribution in [0.25, 0.3) is 0 Å². The number of rotatable bonds is 7. The smallest absolute Gasteiger partial charge is 0.410 e. The van der Waals surface area contributed by atoms with E-state index in [9.17, 15) is 4.79 Å². The second-order valence-electron chi connectivity index (χ2n) is 8.10. The van der Waals surface area contributed by atoms with Crippen molar-refractivity contribution in [3.8, 4) is 5.75 Å². The summed E-state index contributed by atoms with van der Waals surface area (Å²) in [6, 6.07) is 8.16. The zero-order valence-electron chi connectivity index (χ0n) is 16.7. The first kappa shape index (κ1) is 20.6. The zero-order chi connectivity index (χ0) is 19.0. The number of nitrogens with zero attached hydrogens (tertiary/aromatic N) is 1. The van der Waals surface area contributed by atoms with Crippen LogP contribution in [-0.4, -0.2) is 43.3 Å². The second-order valence-corrected chi connectivity index (χ2v) is 8.10. The molecule has 0 saturated carbocycles. The Labute approximate surface area is 158 Å².